The Balaban J connectivity index is 2.39. The Morgan fingerprint density at radius 3 is 2.94 bits per heavy atom. The van der Waals surface area contributed by atoms with Crippen molar-refractivity contribution in [3.8, 4) is 0 Å². The fourth-order valence-electron chi connectivity index (χ4n) is 1.41. The topological polar surface area (TPSA) is 49.3 Å². The number of carbonyl (C=O) groups excluding carboxylic acids is 1. The van der Waals surface area contributed by atoms with Gasteiger partial charge in [-0.25, -0.2) is 0 Å². The molecule has 1 amide bonds. The largest absolute Gasteiger partial charge is 0.395 e. The maximum Gasteiger partial charge on any atom is 0.224 e. The van der Waals surface area contributed by atoms with E-state index < -0.39 is 0 Å². The van der Waals surface area contributed by atoms with E-state index in [1.54, 1.807) is 23.1 Å². The minimum absolute atomic E-state index is 0.00821. The molecular formula is C11H17NO2S2. The monoisotopic (exact) mass is 259 g/mol. The predicted molar refractivity (Wildman–Crippen MR) is 70.0 cm³/mol. The van der Waals surface area contributed by atoms with E-state index >= 15 is 0 Å². The van der Waals surface area contributed by atoms with Gasteiger partial charge in [-0.1, -0.05) is 0 Å². The van der Waals surface area contributed by atoms with Crippen LogP contribution < -0.4 is 5.32 Å². The molecule has 2 atom stereocenters. The van der Waals surface area contributed by atoms with E-state index in [1.165, 1.54) is 0 Å². The summed E-state index contributed by atoms with van der Waals surface area (Å²) in [4.78, 5) is 11.7. The Kier molecular flexibility index (Phi) is 5.87. The van der Waals surface area contributed by atoms with Crippen LogP contribution in [-0.2, 0) is 11.2 Å². The second-order valence-electron chi connectivity index (χ2n) is 3.62. The molecule has 0 aromatic carbocycles. The van der Waals surface area contributed by atoms with E-state index in [2.05, 4.69) is 5.32 Å². The predicted octanol–water partition coefficient (Wildman–Crippen LogP) is 1.52. The number of thiophene rings is 1. The van der Waals surface area contributed by atoms with Crippen LogP contribution in [0.4, 0.5) is 0 Å². The Morgan fingerprint density at radius 1 is 1.69 bits per heavy atom. The molecule has 1 rings (SSSR count). The summed E-state index contributed by atoms with van der Waals surface area (Å²) in [6.45, 7) is 2.00. The molecule has 3 nitrogen and oxygen atoms in total. The molecule has 0 saturated carbocycles. The molecule has 0 radical (unpaired) electrons. The van der Waals surface area contributed by atoms with E-state index in [0.29, 0.717) is 6.42 Å². The first-order chi connectivity index (χ1) is 7.67. The van der Waals surface area contributed by atoms with Crippen LogP contribution in [0.5, 0.6) is 0 Å². The molecule has 1 aromatic heterocycles. The third kappa shape index (κ3) is 4.15. The highest BCUT2D eigenvalue weighted by Gasteiger charge is 2.17. The molecule has 0 fully saturated rings. The molecule has 0 bridgehead atoms. The molecule has 1 heterocycles. The van der Waals surface area contributed by atoms with Crippen molar-refractivity contribution in [3.05, 3.63) is 22.4 Å². The highest BCUT2D eigenvalue weighted by Crippen LogP contribution is 2.11. The van der Waals surface area contributed by atoms with Crippen molar-refractivity contribution < 1.29 is 9.90 Å². The fraction of sp³-hybridized carbons (Fsp3) is 0.545. The molecule has 0 aliphatic heterocycles. The van der Waals surface area contributed by atoms with Crippen molar-refractivity contribution >= 4 is 29.0 Å². The average molecular weight is 259 g/mol. The Hall–Kier alpha value is -0.520. The summed E-state index contributed by atoms with van der Waals surface area (Å²) in [5.41, 5.74) is 1.04. The molecule has 16 heavy (non-hydrogen) atoms. The third-order valence-corrected chi connectivity index (χ3v) is 4.27. The second-order valence-corrected chi connectivity index (χ2v) is 5.48. The van der Waals surface area contributed by atoms with Crippen LogP contribution in [0, 0.1) is 0 Å². The summed E-state index contributed by atoms with van der Waals surface area (Å²) in [7, 11) is 0. The lowest BCUT2D eigenvalue weighted by Crippen LogP contribution is -2.41. The van der Waals surface area contributed by atoms with E-state index in [9.17, 15) is 4.79 Å². The molecule has 5 heteroatoms. The van der Waals surface area contributed by atoms with Gasteiger partial charge in [0.15, 0.2) is 0 Å². The third-order valence-electron chi connectivity index (χ3n) is 2.37. The van der Waals surface area contributed by atoms with Crippen molar-refractivity contribution in [1.29, 1.82) is 0 Å². The minimum atomic E-state index is -0.00821. The molecule has 0 aliphatic rings. The van der Waals surface area contributed by atoms with Gasteiger partial charge in [-0.3, -0.25) is 4.79 Å². The zero-order valence-electron chi connectivity index (χ0n) is 9.47. The summed E-state index contributed by atoms with van der Waals surface area (Å²) in [6, 6.07) is 1.94. The summed E-state index contributed by atoms with van der Waals surface area (Å²) in [5.74, 6) is 0.0124. The molecule has 90 valence electrons. The highest BCUT2D eigenvalue weighted by molar-refractivity contribution is 7.99. The Labute approximate surface area is 104 Å². The summed E-state index contributed by atoms with van der Waals surface area (Å²) in [5, 5.41) is 16.0. The van der Waals surface area contributed by atoms with Gasteiger partial charge in [-0.15, -0.1) is 0 Å². The number of aliphatic hydroxyl groups is 1. The number of thioether (sulfide) groups is 1. The Morgan fingerprint density at radius 2 is 2.44 bits per heavy atom. The second kappa shape index (κ2) is 6.93. The van der Waals surface area contributed by atoms with E-state index in [4.69, 9.17) is 5.11 Å². The SMILES string of the molecule is CSC(CO)C(C)NC(=O)Cc1ccsc1. The fourth-order valence-corrected chi connectivity index (χ4v) is 2.71. The number of nitrogens with one attached hydrogen (secondary N) is 1. The van der Waals surface area contributed by atoms with Gasteiger partial charge in [0.1, 0.15) is 0 Å². The van der Waals surface area contributed by atoms with Gasteiger partial charge in [0.05, 0.1) is 13.0 Å². The van der Waals surface area contributed by atoms with E-state index in [-0.39, 0.29) is 23.8 Å². The van der Waals surface area contributed by atoms with Crippen molar-refractivity contribution in [2.75, 3.05) is 12.9 Å². The first kappa shape index (κ1) is 13.5. The van der Waals surface area contributed by atoms with Gasteiger partial charge in [0.2, 0.25) is 5.91 Å². The summed E-state index contributed by atoms with van der Waals surface area (Å²) < 4.78 is 0. The van der Waals surface area contributed by atoms with Gasteiger partial charge in [0, 0.05) is 11.3 Å². The van der Waals surface area contributed by atoms with Gasteiger partial charge in [-0.05, 0) is 35.6 Å². The summed E-state index contributed by atoms with van der Waals surface area (Å²) in [6.07, 6.45) is 2.35. The molecule has 1 aromatic rings. The lowest BCUT2D eigenvalue weighted by atomic mass is 10.2. The molecule has 2 N–H and O–H groups in total. The first-order valence-electron chi connectivity index (χ1n) is 5.11. The van der Waals surface area contributed by atoms with Crippen LogP contribution in [0.25, 0.3) is 0 Å². The van der Waals surface area contributed by atoms with Crippen LogP contribution in [0.1, 0.15) is 12.5 Å². The smallest absolute Gasteiger partial charge is 0.224 e. The van der Waals surface area contributed by atoms with Crippen LogP contribution in [-0.4, -0.2) is 35.2 Å². The maximum atomic E-state index is 11.7. The van der Waals surface area contributed by atoms with Crippen molar-refractivity contribution in [1.82, 2.24) is 5.32 Å². The van der Waals surface area contributed by atoms with E-state index in [1.807, 2.05) is 30.0 Å². The zero-order chi connectivity index (χ0) is 12.0. The van der Waals surface area contributed by atoms with Crippen LogP contribution in [0.2, 0.25) is 0 Å². The van der Waals surface area contributed by atoms with Gasteiger partial charge >= 0.3 is 0 Å². The number of amides is 1. The number of hydrogen-bond acceptors (Lipinski definition) is 4. The van der Waals surface area contributed by atoms with Gasteiger partial charge in [-0.2, -0.15) is 23.1 Å². The summed E-state index contributed by atoms with van der Waals surface area (Å²) >= 11 is 3.16. The first-order valence-corrected chi connectivity index (χ1v) is 7.34. The van der Waals surface area contributed by atoms with Crippen LogP contribution >= 0.6 is 23.1 Å². The maximum absolute atomic E-state index is 11.7. The Bertz CT molecular complexity index is 310. The number of carbonyl (C=O) groups is 1. The normalized spacial score (nSPS) is 14.4. The molecule has 0 saturated heterocycles. The number of rotatable bonds is 6. The van der Waals surface area contributed by atoms with Crippen molar-refractivity contribution in [2.24, 2.45) is 0 Å². The molecular weight excluding hydrogens is 242 g/mol. The standard InChI is InChI=1S/C11H17NO2S2/c1-8(10(6-13)15-2)12-11(14)5-9-3-4-16-7-9/h3-4,7-8,10,13H,5-6H2,1-2H3,(H,12,14). The average Bonchev–Trinajstić information content (AvgIpc) is 2.71. The molecule has 0 aliphatic carbocycles. The highest BCUT2D eigenvalue weighted by atomic mass is 32.2. The number of hydrogen-bond donors (Lipinski definition) is 2. The van der Waals surface area contributed by atoms with Crippen molar-refractivity contribution in [2.45, 2.75) is 24.6 Å². The zero-order valence-corrected chi connectivity index (χ0v) is 11.1. The minimum Gasteiger partial charge on any atom is -0.395 e. The lowest BCUT2D eigenvalue weighted by Gasteiger charge is -2.21. The lowest BCUT2D eigenvalue weighted by molar-refractivity contribution is -0.121. The quantitative estimate of drug-likeness (QED) is 0.814. The van der Waals surface area contributed by atoms with E-state index in [0.717, 1.165) is 5.56 Å². The molecule has 0 spiro atoms. The van der Waals surface area contributed by atoms with Gasteiger partial charge in [0.25, 0.3) is 0 Å². The van der Waals surface area contributed by atoms with Crippen molar-refractivity contribution in [3.63, 3.8) is 0 Å². The van der Waals surface area contributed by atoms with Gasteiger partial charge < -0.3 is 10.4 Å². The molecule has 2 unspecified atom stereocenters. The van der Waals surface area contributed by atoms with Crippen LogP contribution in [0.3, 0.4) is 0 Å². The van der Waals surface area contributed by atoms with Crippen LogP contribution in [0.15, 0.2) is 16.8 Å². The number of aliphatic hydroxyl groups excluding tert-OH is 1.